The van der Waals surface area contributed by atoms with Crippen LogP contribution < -0.4 is 4.74 Å². The van der Waals surface area contributed by atoms with Crippen LogP contribution in [0, 0.1) is 23.7 Å². The molecule has 0 aliphatic heterocycles. The van der Waals surface area contributed by atoms with Crippen molar-refractivity contribution in [1.82, 2.24) is 0 Å². The molecule has 1 aromatic rings. The van der Waals surface area contributed by atoms with E-state index in [1.807, 2.05) is 30.3 Å². The Balaban J connectivity index is 1.94. The van der Waals surface area contributed by atoms with E-state index >= 15 is 0 Å². The van der Waals surface area contributed by atoms with Crippen LogP contribution in [0.5, 0.6) is 5.75 Å². The molecule has 2 rings (SSSR count). The Bertz CT molecular complexity index is 424. The number of esters is 1. The summed E-state index contributed by atoms with van der Waals surface area (Å²) in [7, 11) is 0. The van der Waals surface area contributed by atoms with E-state index in [2.05, 4.69) is 20.8 Å². The molecule has 1 aliphatic carbocycles. The van der Waals surface area contributed by atoms with Gasteiger partial charge in [0.1, 0.15) is 5.75 Å². The Hall–Kier alpha value is -1.31. The molecule has 2 nitrogen and oxygen atoms in total. The molecule has 1 saturated carbocycles. The van der Waals surface area contributed by atoms with Crippen LogP contribution in [0.15, 0.2) is 30.3 Å². The summed E-state index contributed by atoms with van der Waals surface area (Å²) in [6, 6.07) is 9.38. The van der Waals surface area contributed by atoms with E-state index in [1.54, 1.807) is 0 Å². The van der Waals surface area contributed by atoms with Gasteiger partial charge in [0.2, 0.25) is 0 Å². The topological polar surface area (TPSA) is 26.3 Å². The van der Waals surface area contributed by atoms with Gasteiger partial charge in [0, 0.05) is 6.42 Å². The number of benzene rings is 1. The maximum Gasteiger partial charge on any atom is 0.311 e. The lowest BCUT2D eigenvalue weighted by atomic mass is 9.69. The van der Waals surface area contributed by atoms with Gasteiger partial charge < -0.3 is 4.74 Å². The highest BCUT2D eigenvalue weighted by atomic mass is 16.5. The number of carbonyl (C=O) groups excluding carboxylic acids is 1. The lowest BCUT2D eigenvalue weighted by Crippen LogP contribution is -2.30. The van der Waals surface area contributed by atoms with Gasteiger partial charge in [0.15, 0.2) is 0 Å². The molecule has 0 bridgehead atoms. The van der Waals surface area contributed by atoms with Gasteiger partial charge in [-0.2, -0.15) is 0 Å². The number of para-hydroxylation sites is 1. The third-order valence-corrected chi connectivity index (χ3v) is 4.56. The summed E-state index contributed by atoms with van der Waals surface area (Å²) in [5.41, 5.74) is 0. The first-order valence-electron chi connectivity index (χ1n) is 7.82. The predicted molar refractivity (Wildman–Crippen MR) is 81.5 cm³/mol. The lowest BCUT2D eigenvalue weighted by molar-refractivity contribution is -0.136. The monoisotopic (exact) mass is 274 g/mol. The zero-order valence-corrected chi connectivity index (χ0v) is 12.8. The first-order chi connectivity index (χ1) is 9.56. The van der Waals surface area contributed by atoms with Crippen LogP contribution >= 0.6 is 0 Å². The average Bonchev–Trinajstić information content (AvgIpc) is 2.39. The first kappa shape index (κ1) is 15.1. The minimum Gasteiger partial charge on any atom is -0.427 e. The second-order valence-electron chi connectivity index (χ2n) is 6.58. The maximum atomic E-state index is 12.1. The Morgan fingerprint density at radius 1 is 1.25 bits per heavy atom. The van der Waals surface area contributed by atoms with Gasteiger partial charge >= 0.3 is 5.97 Å². The molecule has 3 atom stereocenters. The van der Waals surface area contributed by atoms with Crippen molar-refractivity contribution in [3.8, 4) is 5.75 Å². The Kier molecular flexibility index (Phi) is 5.22. The molecule has 0 N–H and O–H groups in total. The third kappa shape index (κ3) is 4.09. The van der Waals surface area contributed by atoms with Crippen LogP contribution in [0.3, 0.4) is 0 Å². The summed E-state index contributed by atoms with van der Waals surface area (Å²) in [5, 5.41) is 0. The standard InChI is InChI=1S/C18H26O2/c1-13(2)17-10-9-14(3)11-15(17)12-18(19)20-16-7-5-4-6-8-16/h4-8,13-15,17H,9-12H2,1-3H3. The van der Waals surface area contributed by atoms with Gasteiger partial charge in [-0.1, -0.05) is 45.4 Å². The van der Waals surface area contributed by atoms with Gasteiger partial charge in [0.25, 0.3) is 0 Å². The summed E-state index contributed by atoms with van der Waals surface area (Å²) < 4.78 is 5.44. The van der Waals surface area contributed by atoms with Crippen LogP contribution in [-0.2, 0) is 4.79 Å². The molecule has 3 unspecified atom stereocenters. The van der Waals surface area contributed by atoms with E-state index in [-0.39, 0.29) is 5.97 Å². The van der Waals surface area contributed by atoms with E-state index in [1.165, 1.54) is 12.8 Å². The Morgan fingerprint density at radius 3 is 2.60 bits per heavy atom. The van der Waals surface area contributed by atoms with E-state index in [0.717, 1.165) is 12.3 Å². The fourth-order valence-corrected chi connectivity index (χ4v) is 3.51. The van der Waals surface area contributed by atoms with Crippen molar-refractivity contribution in [2.24, 2.45) is 23.7 Å². The largest absolute Gasteiger partial charge is 0.427 e. The highest BCUT2D eigenvalue weighted by Gasteiger charge is 2.32. The summed E-state index contributed by atoms with van der Waals surface area (Å²) in [4.78, 5) is 12.1. The second-order valence-corrected chi connectivity index (χ2v) is 6.58. The van der Waals surface area contributed by atoms with Crippen LogP contribution in [0.4, 0.5) is 0 Å². The fourth-order valence-electron chi connectivity index (χ4n) is 3.51. The van der Waals surface area contributed by atoms with Gasteiger partial charge in [-0.05, 0) is 48.6 Å². The highest BCUT2D eigenvalue weighted by molar-refractivity contribution is 5.72. The van der Waals surface area contributed by atoms with Crippen molar-refractivity contribution in [3.05, 3.63) is 30.3 Å². The fraction of sp³-hybridized carbons (Fsp3) is 0.611. The van der Waals surface area contributed by atoms with Crippen LogP contribution in [0.25, 0.3) is 0 Å². The second kappa shape index (κ2) is 6.92. The van der Waals surface area contributed by atoms with Gasteiger partial charge in [0.05, 0.1) is 0 Å². The van der Waals surface area contributed by atoms with Crippen LogP contribution in [0.2, 0.25) is 0 Å². The first-order valence-corrected chi connectivity index (χ1v) is 7.82. The molecule has 0 amide bonds. The molecule has 0 saturated heterocycles. The van der Waals surface area contributed by atoms with Crippen molar-refractivity contribution < 1.29 is 9.53 Å². The average molecular weight is 274 g/mol. The van der Waals surface area contributed by atoms with Gasteiger partial charge in [-0.15, -0.1) is 0 Å². The summed E-state index contributed by atoms with van der Waals surface area (Å²) in [6.45, 7) is 6.85. The molecule has 2 heteroatoms. The third-order valence-electron chi connectivity index (χ3n) is 4.56. The van der Waals surface area contributed by atoms with Crippen molar-refractivity contribution in [1.29, 1.82) is 0 Å². The van der Waals surface area contributed by atoms with Crippen molar-refractivity contribution in [2.75, 3.05) is 0 Å². The number of carbonyl (C=O) groups is 1. The maximum absolute atomic E-state index is 12.1. The number of rotatable bonds is 4. The molecular weight excluding hydrogens is 248 g/mol. The molecule has 0 heterocycles. The minimum atomic E-state index is -0.0825. The van der Waals surface area contributed by atoms with Gasteiger partial charge in [-0.3, -0.25) is 4.79 Å². The molecule has 1 aromatic carbocycles. The molecular formula is C18H26O2. The molecule has 110 valence electrons. The van der Waals surface area contributed by atoms with E-state index in [0.29, 0.717) is 29.9 Å². The lowest BCUT2D eigenvalue weighted by Gasteiger charge is -2.36. The number of hydrogen-bond acceptors (Lipinski definition) is 2. The molecule has 20 heavy (non-hydrogen) atoms. The molecule has 0 aromatic heterocycles. The number of ether oxygens (including phenoxy) is 1. The highest BCUT2D eigenvalue weighted by Crippen LogP contribution is 2.39. The zero-order valence-electron chi connectivity index (χ0n) is 12.8. The van der Waals surface area contributed by atoms with Crippen LogP contribution in [0.1, 0.15) is 46.5 Å². The summed E-state index contributed by atoms with van der Waals surface area (Å²) in [5.74, 6) is 3.10. The molecule has 1 fully saturated rings. The quantitative estimate of drug-likeness (QED) is 0.588. The zero-order chi connectivity index (χ0) is 14.5. The number of hydrogen-bond donors (Lipinski definition) is 0. The van der Waals surface area contributed by atoms with Crippen molar-refractivity contribution in [2.45, 2.75) is 46.5 Å². The van der Waals surface area contributed by atoms with E-state index in [4.69, 9.17) is 4.74 Å². The molecule has 0 spiro atoms. The summed E-state index contributed by atoms with van der Waals surface area (Å²) in [6.07, 6.45) is 4.27. The molecule has 0 radical (unpaired) electrons. The summed E-state index contributed by atoms with van der Waals surface area (Å²) >= 11 is 0. The van der Waals surface area contributed by atoms with E-state index in [9.17, 15) is 4.79 Å². The predicted octanol–water partition coefficient (Wildman–Crippen LogP) is 4.69. The van der Waals surface area contributed by atoms with Crippen molar-refractivity contribution in [3.63, 3.8) is 0 Å². The molecule has 1 aliphatic rings. The van der Waals surface area contributed by atoms with Crippen LogP contribution in [-0.4, -0.2) is 5.97 Å². The Labute approximate surface area is 122 Å². The van der Waals surface area contributed by atoms with Gasteiger partial charge in [-0.25, -0.2) is 0 Å². The van der Waals surface area contributed by atoms with Crippen molar-refractivity contribution >= 4 is 5.97 Å². The van der Waals surface area contributed by atoms with E-state index < -0.39 is 0 Å². The SMILES string of the molecule is CC1CCC(C(C)C)C(CC(=O)Oc2ccccc2)C1. The Morgan fingerprint density at radius 2 is 1.95 bits per heavy atom. The normalized spacial score (nSPS) is 26.5. The smallest absolute Gasteiger partial charge is 0.311 e. The minimum absolute atomic E-state index is 0.0825.